The van der Waals surface area contributed by atoms with Crippen LogP contribution in [-0.2, 0) is 21.2 Å². The van der Waals surface area contributed by atoms with Crippen molar-refractivity contribution >= 4 is 21.6 Å². The summed E-state index contributed by atoms with van der Waals surface area (Å²) in [6.07, 6.45) is 0.453. The van der Waals surface area contributed by atoms with Gasteiger partial charge in [-0.25, -0.2) is 13.2 Å². The van der Waals surface area contributed by atoms with Gasteiger partial charge in [0.15, 0.2) is 0 Å². The van der Waals surface area contributed by atoms with Gasteiger partial charge >= 0.3 is 6.09 Å². The lowest BCUT2D eigenvalue weighted by molar-refractivity contribution is 0.0992. The number of nitrogens with two attached hydrogens (primary N) is 2. The molecule has 0 aromatic heterocycles. The highest BCUT2D eigenvalue weighted by molar-refractivity contribution is 7.90. The molecule has 1 amide bonds. The number of amides is 1. The van der Waals surface area contributed by atoms with Gasteiger partial charge in [0.1, 0.15) is 16.4 Å². The number of nitrogens with zero attached hydrogens (tertiary/aromatic N) is 1. The van der Waals surface area contributed by atoms with Crippen LogP contribution in [0.15, 0.2) is 24.3 Å². The maximum Gasteiger partial charge on any atom is 0.411 e. The topological polar surface area (TPSA) is 116 Å². The van der Waals surface area contributed by atoms with Gasteiger partial charge in [-0.05, 0) is 17.7 Å². The molecule has 112 valence electrons. The lowest BCUT2D eigenvalue weighted by Gasteiger charge is -2.19. The van der Waals surface area contributed by atoms with Crippen LogP contribution in [0, 0.1) is 0 Å². The number of ether oxygens (including phenoxy) is 1. The number of rotatable bonds is 6. The Balaban J connectivity index is 2.49. The van der Waals surface area contributed by atoms with Gasteiger partial charge in [0.05, 0.1) is 12.4 Å². The molecule has 7 nitrogen and oxygen atoms in total. The second-order valence-electron chi connectivity index (χ2n) is 4.37. The number of carbonyl (C=O) groups excluding carboxylic acids is 1. The van der Waals surface area contributed by atoms with Crippen LogP contribution in [0.4, 0.5) is 10.5 Å². The maximum atomic E-state index is 11.7. The van der Waals surface area contributed by atoms with E-state index in [9.17, 15) is 13.2 Å². The molecular weight excluding hydrogens is 282 g/mol. The van der Waals surface area contributed by atoms with Gasteiger partial charge < -0.3 is 16.2 Å². The predicted octanol–water partition coefficient (Wildman–Crippen LogP) is 0.168. The highest BCUT2D eigenvalue weighted by atomic mass is 32.2. The third kappa shape index (κ3) is 5.89. The van der Waals surface area contributed by atoms with E-state index in [1.54, 1.807) is 24.3 Å². The number of nitrogen functional groups attached to an aromatic ring is 1. The third-order valence-electron chi connectivity index (χ3n) is 2.55. The summed E-state index contributed by atoms with van der Waals surface area (Å²) in [6.45, 7) is -0.0134. The number of hydrogen-bond donors (Lipinski definition) is 2. The molecule has 1 aromatic carbocycles. The molecule has 0 atom stereocenters. The molecule has 1 rings (SSSR count). The zero-order valence-electron chi connectivity index (χ0n) is 11.3. The lowest BCUT2D eigenvalue weighted by Crippen LogP contribution is -2.39. The monoisotopic (exact) mass is 301 g/mol. The van der Waals surface area contributed by atoms with Crippen LogP contribution < -0.4 is 11.5 Å². The minimum Gasteiger partial charge on any atom is -0.445 e. The highest BCUT2D eigenvalue weighted by Gasteiger charge is 2.15. The van der Waals surface area contributed by atoms with Crippen molar-refractivity contribution in [2.24, 2.45) is 5.73 Å². The highest BCUT2D eigenvalue weighted by Crippen LogP contribution is 2.07. The average molecular weight is 301 g/mol. The lowest BCUT2D eigenvalue weighted by atomic mass is 10.2. The number of anilines is 1. The van der Waals surface area contributed by atoms with Crippen LogP contribution in [0.2, 0.25) is 0 Å². The van der Waals surface area contributed by atoms with Crippen LogP contribution in [0.1, 0.15) is 5.56 Å². The van der Waals surface area contributed by atoms with Crippen LogP contribution in [0.25, 0.3) is 0 Å². The summed E-state index contributed by atoms with van der Waals surface area (Å²) < 4.78 is 27.2. The number of benzene rings is 1. The second kappa shape index (κ2) is 7.11. The largest absolute Gasteiger partial charge is 0.445 e. The molecule has 0 saturated heterocycles. The molecule has 8 heteroatoms. The molecule has 0 aliphatic heterocycles. The minimum atomic E-state index is -3.15. The van der Waals surface area contributed by atoms with Gasteiger partial charge in [0, 0.05) is 18.5 Å². The number of hydrogen-bond acceptors (Lipinski definition) is 6. The second-order valence-corrected chi connectivity index (χ2v) is 6.63. The number of sulfone groups is 1. The molecule has 1 aromatic rings. The molecular formula is C12H19N3O4S. The first kappa shape index (κ1) is 16.3. The Morgan fingerprint density at radius 3 is 2.40 bits per heavy atom. The summed E-state index contributed by atoms with van der Waals surface area (Å²) in [5, 5.41) is 0. The van der Waals surface area contributed by atoms with E-state index in [0.29, 0.717) is 5.69 Å². The van der Waals surface area contributed by atoms with Crippen molar-refractivity contribution in [1.29, 1.82) is 0 Å². The van der Waals surface area contributed by atoms with Gasteiger partial charge in [0.2, 0.25) is 0 Å². The summed E-state index contributed by atoms with van der Waals surface area (Å²) in [6, 6.07) is 6.89. The van der Waals surface area contributed by atoms with Crippen molar-refractivity contribution in [3.63, 3.8) is 0 Å². The smallest absolute Gasteiger partial charge is 0.411 e. The Labute approximate surface area is 118 Å². The van der Waals surface area contributed by atoms with E-state index < -0.39 is 15.9 Å². The Hall–Kier alpha value is -1.80. The van der Waals surface area contributed by atoms with Gasteiger partial charge in [-0.2, -0.15) is 0 Å². The van der Waals surface area contributed by atoms with Crippen LogP contribution >= 0.6 is 0 Å². The van der Waals surface area contributed by atoms with Gasteiger partial charge in [0.25, 0.3) is 0 Å². The van der Waals surface area contributed by atoms with Crippen LogP contribution in [-0.4, -0.2) is 44.6 Å². The van der Waals surface area contributed by atoms with E-state index in [-0.39, 0.29) is 25.6 Å². The van der Waals surface area contributed by atoms with E-state index in [1.807, 2.05) is 0 Å². The van der Waals surface area contributed by atoms with Crippen molar-refractivity contribution in [2.75, 3.05) is 31.0 Å². The average Bonchev–Trinajstić information content (AvgIpc) is 2.37. The SMILES string of the molecule is CS(=O)(=O)CCN(CN)C(=O)OCc1ccc(N)cc1. The van der Waals surface area contributed by atoms with E-state index in [1.165, 1.54) is 0 Å². The zero-order valence-corrected chi connectivity index (χ0v) is 12.1. The fourth-order valence-electron chi connectivity index (χ4n) is 1.38. The molecule has 0 saturated carbocycles. The summed E-state index contributed by atoms with van der Waals surface area (Å²) in [7, 11) is -3.15. The van der Waals surface area contributed by atoms with E-state index >= 15 is 0 Å². The van der Waals surface area contributed by atoms with Crippen LogP contribution in [0.5, 0.6) is 0 Å². The van der Waals surface area contributed by atoms with E-state index in [2.05, 4.69) is 0 Å². The molecule has 0 spiro atoms. The van der Waals surface area contributed by atoms with E-state index in [0.717, 1.165) is 16.7 Å². The third-order valence-corrected chi connectivity index (χ3v) is 3.48. The molecule has 0 fully saturated rings. The van der Waals surface area contributed by atoms with Crippen molar-refractivity contribution in [2.45, 2.75) is 6.61 Å². The molecule has 4 N–H and O–H groups in total. The fraction of sp³-hybridized carbons (Fsp3) is 0.417. The molecule has 20 heavy (non-hydrogen) atoms. The Morgan fingerprint density at radius 1 is 1.30 bits per heavy atom. The fourth-order valence-corrected chi connectivity index (χ4v) is 1.94. The molecule has 0 heterocycles. The molecule has 0 aliphatic carbocycles. The van der Waals surface area contributed by atoms with Gasteiger partial charge in [-0.15, -0.1) is 0 Å². The van der Waals surface area contributed by atoms with E-state index in [4.69, 9.17) is 16.2 Å². The first-order chi connectivity index (χ1) is 9.31. The molecule has 0 radical (unpaired) electrons. The van der Waals surface area contributed by atoms with Gasteiger partial charge in [-0.3, -0.25) is 4.90 Å². The predicted molar refractivity (Wildman–Crippen MR) is 76.5 cm³/mol. The summed E-state index contributed by atoms with van der Waals surface area (Å²) in [4.78, 5) is 12.9. The molecule has 0 aliphatic rings. The maximum absolute atomic E-state index is 11.7. The summed E-state index contributed by atoms with van der Waals surface area (Å²) in [5.41, 5.74) is 12.4. The first-order valence-corrected chi connectivity index (χ1v) is 8.02. The molecule has 0 bridgehead atoms. The minimum absolute atomic E-state index is 0.00983. The summed E-state index contributed by atoms with van der Waals surface area (Å²) >= 11 is 0. The van der Waals surface area contributed by atoms with Crippen molar-refractivity contribution in [3.05, 3.63) is 29.8 Å². The van der Waals surface area contributed by atoms with Gasteiger partial charge in [-0.1, -0.05) is 12.1 Å². The van der Waals surface area contributed by atoms with Crippen molar-refractivity contribution in [3.8, 4) is 0 Å². The van der Waals surface area contributed by atoms with Crippen molar-refractivity contribution < 1.29 is 17.9 Å². The Bertz CT molecular complexity index is 542. The number of carbonyl (C=O) groups is 1. The Morgan fingerprint density at radius 2 is 1.90 bits per heavy atom. The van der Waals surface area contributed by atoms with Crippen LogP contribution in [0.3, 0.4) is 0 Å². The van der Waals surface area contributed by atoms with Crippen molar-refractivity contribution in [1.82, 2.24) is 4.90 Å². The first-order valence-electron chi connectivity index (χ1n) is 5.96. The molecule has 0 unspecified atom stereocenters. The quantitative estimate of drug-likeness (QED) is 0.571. The normalized spacial score (nSPS) is 11.1. The Kier molecular flexibility index (Phi) is 5.78. The standard InChI is InChI=1S/C12H19N3O4S/c1-20(17,18)7-6-15(9-13)12(16)19-8-10-2-4-11(14)5-3-10/h2-5H,6-9,13-14H2,1H3. The zero-order chi connectivity index (χ0) is 15.2. The summed E-state index contributed by atoms with van der Waals surface area (Å²) in [5.74, 6) is -0.152.